The molecular formula is C17H27NO6. The molecule has 0 aliphatic heterocycles. The first kappa shape index (κ1) is 20.2. The van der Waals surface area contributed by atoms with Gasteiger partial charge in [0.2, 0.25) is 5.91 Å². The van der Waals surface area contributed by atoms with Gasteiger partial charge in [0.15, 0.2) is 0 Å². The van der Waals surface area contributed by atoms with Crippen LogP contribution in [-0.2, 0) is 23.9 Å². The van der Waals surface area contributed by atoms with Gasteiger partial charge in [-0.15, -0.1) is 0 Å². The number of hydrogen-bond acceptors (Lipinski definition) is 6. The molecule has 1 aliphatic rings. The molecule has 0 radical (unpaired) electrons. The molecule has 0 saturated heterocycles. The van der Waals surface area contributed by atoms with Gasteiger partial charge in [-0.2, -0.15) is 0 Å². The lowest BCUT2D eigenvalue weighted by Gasteiger charge is -2.31. The van der Waals surface area contributed by atoms with Crippen LogP contribution in [0.5, 0.6) is 0 Å². The van der Waals surface area contributed by atoms with Crippen molar-refractivity contribution < 1.29 is 29.0 Å². The minimum Gasteiger partial charge on any atom is -0.466 e. The number of hydrogen-bond donors (Lipinski definition) is 2. The maximum atomic E-state index is 12.2. The maximum Gasteiger partial charge on any atom is 0.331 e. The molecule has 0 spiro atoms. The van der Waals surface area contributed by atoms with Gasteiger partial charge in [0.1, 0.15) is 6.10 Å². The minimum absolute atomic E-state index is 0.0993. The van der Waals surface area contributed by atoms with Crippen molar-refractivity contribution >= 4 is 17.8 Å². The third kappa shape index (κ3) is 6.70. The Morgan fingerprint density at radius 3 is 2.33 bits per heavy atom. The molecule has 24 heavy (non-hydrogen) atoms. The van der Waals surface area contributed by atoms with Crippen LogP contribution < -0.4 is 5.32 Å². The fourth-order valence-corrected chi connectivity index (χ4v) is 2.47. The molecule has 1 amide bonds. The van der Waals surface area contributed by atoms with Crippen LogP contribution in [0, 0.1) is 5.41 Å². The molecule has 1 rings (SSSR count). The van der Waals surface area contributed by atoms with E-state index in [4.69, 9.17) is 4.74 Å². The van der Waals surface area contributed by atoms with Crippen molar-refractivity contribution in [3.63, 3.8) is 0 Å². The first-order valence-corrected chi connectivity index (χ1v) is 8.17. The average molecular weight is 341 g/mol. The molecule has 0 aromatic rings. The molecule has 0 bridgehead atoms. The number of aliphatic hydroxyl groups excluding tert-OH is 1. The van der Waals surface area contributed by atoms with Crippen LogP contribution in [0.1, 0.15) is 46.0 Å². The number of amides is 1. The standard InChI is InChI=1S/C17H27NO6/c1-17(2,11-24-14(20)10-9-13(19)23-3)15(21)16(22)18-12-7-5-4-6-8-12/h9-10,12,15,21H,4-8,11H2,1-3H3,(H,18,22)/b10-9+/t15-/m0/s1. The third-order valence-electron chi connectivity index (χ3n) is 4.08. The van der Waals surface area contributed by atoms with Gasteiger partial charge in [-0.25, -0.2) is 9.59 Å². The maximum absolute atomic E-state index is 12.2. The molecule has 0 aromatic heterocycles. The second-order valence-electron chi connectivity index (χ2n) is 6.70. The number of methoxy groups -OCH3 is 1. The van der Waals surface area contributed by atoms with Crippen molar-refractivity contribution in [1.29, 1.82) is 0 Å². The molecule has 7 nitrogen and oxygen atoms in total. The average Bonchev–Trinajstić information content (AvgIpc) is 2.57. The van der Waals surface area contributed by atoms with Gasteiger partial charge in [0.25, 0.3) is 0 Å². The predicted octanol–water partition coefficient (Wildman–Crippen LogP) is 1.09. The highest BCUT2D eigenvalue weighted by atomic mass is 16.5. The Morgan fingerprint density at radius 1 is 1.17 bits per heavy atom. The molecule has 136 valence electrons. The molecule has 0 unspecified atom stereocenters. The molecule has 1 saturated carbocycles. The van der Waals surface area contributed by atoms with Crippen LogP contribution in [-0.4, -0.2) is 48.8 Å². The SMILES string of the molecule is COC(=O)/C=C/C(=O)OCC(C)(C)[C@@H](O)C(=O)NC1CCCCC1. The van der Waals surface area contributed by atoms with Crippen LogP contribution in [0.4, 0.5) is 0 Å². The Morgan fingerprint density at radius 2 is 1.75 bits per heavy atom. The monoisotopic (exact) mass is 341 g/mol. The third-order valence-corrected chi connectivity index (χ3v) is 4.08. The molecule has 1 atom stereocenters. The summed E-state index contributed by atoms with van der Waals surface area (Å²) in [5.74, 6) is -1.86. The number of carbonyl (C=O) groups excluding carboxylic acids is 3. The number of carbonyl (C=O) groups is 3. The number of rotatable bonds is 7. The van der Waals surface area contributed by atoms with Crippen LogP contribution in [0.3, 0.4) is 0 Å². The van der Waals surface area contributed by atoms with Gasteiger partial charge in [-0.05, 0) is 12.8 Å². The van der Waals surface area contributed by atoms with E-state index < -0.39 is 29.4 Å². The van der Waals surface area contributed by atoms with E-state index in [0.29, 0.717) is 0 Å². The summed E-state index contributed by atoms with van der Waals surface area (Å²) in [7, 11) is 1.20. The highest BCUT2D eigenvalue weighted by Crippen LogP contribution is 2.23. The summed E-state index contributed by atoms with van der Waals surface area (Å²) in [6, 6.07) is 0.0993. The second kappa shape index (κ2) is 9.42. The molecule has 2 N–H and O–H groups in total. The Kier molecular flexibility index (Phi) is 7.91. The molecule has 1 aliphatic carbocycles. The van der Waals surface area contributed by atoms with E-state index in [-0.39, 0.29) is 12.6 Å². The topological polar surface area (TPSA) is 102 Å². The number of esters is 2. The van der Waals surface area contributed by atoms with Crippen LogP contribution in [0.15, 0.2) is 12.2 Å². The van der Waals surface area contributed by atoms with Gasteiger partial charge >= 0.3 is 11.9 Å². The summed E-state index contributed by atoms with van der Waals surface area (Å²) >= 11 is 0. The van der Waals surface area contributed by atoms with Crippen molar-refractivity contribution in [2.24, 2.45) is 5.41 Å². The summed E-state index contributed by atoms with van der Waals surface area (Å²) in [5, 5.41) is 13.1. The van der Waals surface area contributed by atoms with Crippen molar-refractivity contribution in [3.8, 4) is 0 Å². The molecule has 1 fully saturated rings. The van der Waals surface area contributed by atoms with E-state index in [1.807, 2.05) is 0 Å². The van der Waals surface area contributed by atoms with Crippen molar-refractivity contribution in [3.05, 3.63) is 12.2 Å². The molecule has 7 heteroatoms. The van der Waals surface area contributed by atoms with E-state index in [9.17, 15) is 19.5 Å². The molecular weight excluding hydrogens is 314 g/mol. The zero-order chi connectivity index (χ0) is 18.2. The van der Waals surface area contributed by atoms with Gasteiger partial charge in [-0.1, -0.05) is 33.1 Å². The lowest BCUT2D eigenvalue weighted by molar-refractivity contribution is -0.149. The Bertz CT molecular complexity index is 479. The fraction of sp³-hybridized carbons (Fsp3) is 0.706. The summed E-state index contributed by atoms with van der Waals surface area (Å²) in [4.78, 5) is 34.6. The lowest BCUT2D eigenvalue weighted by atomic mass is 9.86. The van der Waals surface area contributed by atoms with Gasteiger partial charge in [-0.3, -0.25) is 4.79 Å². The minimum atomic E-state index is -1.29. The zero-order valence-electron chi connectivity index (χ0n) is 14.5. The van der Waals surface area contributed by atoms with Gasteiger partial charge in [0.05, 0.1) is 13.7 Å². The summed E-state index contributed by atoms with van der Waals surface area (Å²) < 4.78 is 9.35. The number of ether oxygens (including phenoxy) is 2. The fourth-order valence-electron chi connectivity index (χ4n) is 2.47. The van der Waals surface area contributed by atoms with Gasteiger partial charge < -0.3 is 19.9 Å². The van der Waals surface area contributed by atoms with E-state index in [1.165, 1.54) is 13.5 Å². The van der Waals surface area contributed by atoms with Crippen molar-refractivity contribution in [1.82, 2.24) is 5.32 Å². The lowest BCUT2D eigenvalue weighted by Crippen LogP contribution is -2.49. The van der Waals surface area contributed by atoms with Crippen LogP contribution in [0.25, 0.3) is 0 Å². The van der Waals surface area contributed by atoms with Crippen LogP contribution in [0.2, 0.25) is 0 Å². The normalized spacial score (nSPS) is 17.3. The first-order valence-electron chi connectivity index (χ1n) is 8.17. The van der Waals surface area contributed by atoms with E-state index >= 15 is 0 Å². The smallest absolute Gasteiger partial charge is 0.331 e. The molecule has 0 heterocycles. The van der Waals surface area contributed by atoms with Gasteiger partial charge in [0, 0.05) is 23.6 Å². The highest BCUT2D eigenvalue weighted by Gasteiger charge is 2.35. The van der Waals surface area contributed by atoms with Crippen LogP contribution >= 0.6 is 0 Å². The number of aliphatic hydroxyl groups is 1. The highest BCUT2D eigenvalue weighted by molar-refractivity contribution is 5.91. The summed E-state index contributed by atoms with van der Waals surface area (Å²) in [6.45, 7) is 3.11. The predicted molar refractivity (Wildman–Crippen MR) is 86.9 cm³/mol. The van der Waals surface area contributed by atoms with Crippen molar-refractivity contribution in [2.75, 3.05) is 13.7 Å². The van der Waals surface area contributed by atoms with E-state index in [1.54, 1.807) is 13.8 Å². The second-order valence-corrected chi connectivity index (χ2v) is 6.70. The van der Waals surface area contributed by atoms with E-state index in [0.717, 1.165) is 37.8 Å². The Hall–Kier alpha value is -1.89. The van der Waals surface area contributed by atoms with E-state index in [2.05, 4.69) is 10.1 Å². The zero-order valence-corrected chi connectivity index (χ0v) is 14.5. The first-order chi connectivity index (χ1) is 11.3. The Labute approximate surface area is 142 Å². The summed E-state index contributed by atoms with van der Waals surface area (Å²) in [5.41, 5.74) is -0.951. The molecule has 0 aromatic carbocycles. The van der Waals surface area contributed by atoms with Crippen molar-refractivity contribution in [2.45, 2.75) is 58.1 Å². The largest absolute Gasteiger partial charge is 0.466 e. The summed E-state index contributed by atoms with van der Waals surface area (Å²) in [6.07, 6.45) is 5.77. The number of nitrogens with one attached hydrogen (secondary N) is 1. The quantitative estimate of drug-likeness (QED) is 0.531. The Balaban J connectivity index is 2.47.